The van der Waals surface area contributed by atoms with Gasteiger partial charge in [-0.3, -0.25) is 0 Å². The highest BCUT2D eigenvalue weighted by Crippen LogP contribution is 2.48. The van der Waals surface area contributed by atoms with E-state index in [0.717, 1.165) is 37.3 Å². The van der Waals surface area contributed by atoms with E-state index in [0.29, 0.717) is 11.5 Å². The number of rotatable bonds is 5. The first-order chi connectivity index (χ1) is 18.0. The predicted molar refractivity (Wildman–Crippen MR) is 152 cm³/mol. The van der Waals surface area contributed by atoms with Crippen LogP contribution in [0.1, 0.15) is 84.3 Å². The van der Waals surface area contributed by atoms with E-state index < -0.39 is 5.97 Å². The second-order valence-corrected chi connectivity index (χ2v) is 11.6. The molecule has 0 unspecified atom stereocenters. The zero-order chi connectivity index (χ0) is 25.5. The second kappa shape index (κ2) is 10.2. The number of aryl methyl sites for hydroxylation is 2. The largest absolute Gasteiger partial charge is 0.478 e. The Morgan fingerprint density at radius 2 is 1.65 bits per heavy atom. The smallest absolute Gasteiger partial charge is 0.336 e. The van der Waals surface area contributed by atoms with Gasteiger partial charge in [0.2, 0.25) is 0 Å². The summed E-state index contributed by atoms with van der Waals surface area (Å²) in [5, 5.41) is 11.2. The molecule has 1 N–H and O–H groups in total. The van der Waals surface area contributed by atoms with Crippen LogP contribution in [0.2, 0.25) is 0 Å². The molecule has 2 aromatic carbocycles. The third-order valence-corrected chi connectivity index (χ3v) is 9.24. The maximum atomic E-state index is 12.1. The van der Waals surface area contributed by atoms with Crippen LogP contribution in [-0.2, 0) is 6.54 Å². The van der Waals surface area contributed by atoms with Crippen molar-refractivity contribution in [3.8, 4) is 11.3 Å². The number of nitrogens with zero attached hydrogens (tertiary/aromatic N) is 3. The zero-order valence-corrected chi connectivity index (χ0v) is 22.6. The number of aromatic carboxylic acids is 1. The molecule has 2 fully saturated rings. The lowest BCUT2D eigenvalue weighted by atomic mass is 9.81. The van der Waals surface area contributed by atoms with Crippen molar-refractivity contribution in [3.63, 3.8) is 0 Å². The number of carboxylic acid groups (broad SMARTS) is 1. The first kappa shape index (κ1) is 24.5. The van der Waals surface area contributed by atoms with E-state index in [1.807, 2.05) is 13.0 Å². The lowest BCUT2D eigenvalue weighted by Crippen LogP contribution is -2.38. The highest BCUT2D eigenvalue weighted by atomic mass is 16.4. The molecule has 0 bridgehead atoms. The van der Waals surface area contributed by atoms with Gasteiger partial charge in [-0.2, -0.15) is 0 Å². The average molecular weight is 500 g/mol. The van der Waals surface area contributed by atoms with E-state index in [1.165, 1.54) is 97.9 Å². The Hall–Kier alpha value is -2.79. The number of hydrogen-bond acceptors (Lipinski definition) is 3. The maximum Gasteiger partial charge on any atom is 0.336 e. The number of anilines is 1. The number of hydrogen-bond donors (Lipinski definition) is 1. The minimum atomic E-state index is -0.832. The Labute approximate surface area is 221 Å². The maximum absolute atomic E-state index is 12.1. The molecule has 0 radical (unpaired) electrons. The number of piperidine rings is 1. The van der Waals surface area contributed by atoms with Crippen LogP contribution in [-0.4, -0.2) is 53.3 Å². The van der Waals surface area contributed by atoms with Crippen molar-refractivity contribution in [2.45, 2.75) is 77.7 Å². The van der Waals surface area contributed by atoms with E-state index >= 15 is 0 Å². The van der Waals surface area contributed by atoms with Gasteiger partial charge in [0, 0.05) is 42.8 Å². The third kappa shape index (κ3) is 4.46. The van der Waals surface area contributed by atoms with E-state index in [1.54, 1.807) is 0 Å². The number of benzene rings is 2. The van der Waals surface area contributed by atoms with Gasteiger partial charge < -0.3 is 19.5 Å². The molecule has 1 aliphatic carbocycles. The molecule has 3 aromatic rings. The summed E-state index contributed by atoms with van der Waals surface area (Å²) < 4.78 is 2.50. The Bertz CT molecular complexity index is 1310. The Morgan fingerprint density at radius 1 is 0.892 bits per heavy atom. The van der Waals surface area contributed by atoms with Crippen molar-refractivity contribution in [2.24, 2.45) is 0 Å². The van der Waals surface area contributed by atoms with Crippen molar-refractivity contribution in [1.82, 2.24) is 9.47 Å². The van der Waals surface area contributed by atoms with Gasteiger partial charge in [-0.15, -0.1) is 0 Å². The molecule has 3 heterocycles. The lowest BCUT2D eigenvalue weighted by Gasteiger charge is -2.31. The molecule has 6 rings (SSSR count). The Morgan fingerprint density at radius 3 is 2.41 bits per heavy atom. The summed E-state index contributed by atoms with van der Waals surface area (Å²) in [6, 6.07) is 10.9. The topological polar surface area (TPSA) is 48.7 Å². The number of carbonyl (C=O) groups is 1. The van der Waals surface area contributed by atoms with Crippen molar-refractivity contribution < 1.29 is 9.90 Å². The van der Waals surface area contributed by atoms with E-state index in [2.05, 4.69) is 45.6 Å². The van der Waals surface area contributed by atoms with E-state index in [9.17, 15) is 9.90 Å². The number of fused-ring (bicyclic) bond motifs is 5. The van der Waals surface area contributed by atoms with Crippen LogP contribution >= 0.6 is 0 Å². The molecular formula is C32H41N3O2. The highest BCUT2D eigenvalue weighted by molar-refractivity contribution is 6.02. The van der Waals surface area contributed by atoms with Gasteiger partial charge in [0.05, 0.1) is 16.8 Å². The van der Waals surface area contributed by atoms with Crippen LogP contribution < -0.4 is 4.90 Å². The van der Waals surface area contributed by atoms with Gasteiger partial charge in [0.25, 0.3) is 0 Å². The van der Waals surface area contributed by atoms with Crippen LogP contribution in [0.3, 0.4) is 0 Å². The normalized spacial score (nSPS) is 19.0. The van der Waals surface area contributed by atoms with Gasteiger partial charge in [-0.05, 0) is 87.4 Å². The fraction of sp³-hybridized carbons (Fsp3) is 0.531. The minimum absolute atomic E-state index is 0.429. The molecule has 37 heavy (non-hydrogen) atoms. The number of aromatic nitrogens is 1. The van der Waals surface area contributed by atoms with E-state index in [4.69, 9.17) is 0 Å². The van der Waals surface area contributed by atoms with Crippen LogP contribution in [0.15, 0.2) is 30.3 Å². The van der Waals surface area contributed by atoms with Gasteiger partial charge >= 0.3 is 5.97 Å². The fourth-order valence-corrected chi connectivity index (χ4v) is 7.32. The highest BCUT2D eigenvalue weighted by Gasteiger charge is 2.31. The fourth-order valence-electron chi connectivity index (χ4n) is 7.32. The molecule has 0 atom stereocenters. The van der Waals surface area contributed by atoms with Gasteiger partial charge in [-0.25, -0.2) is 4.79 Å². The van der Waals surface area contributed by atoms with Crippen LogP contribution in [0.5, 0.6) is 0 Å². The number of carboxylic acids is 1. The first-order valence-corrected chi connectivity index (χ1v) is 14.5. The Balaban J connectivity index is 1.51. The van der Waals surface area contributed by atoms with Crippen molar-refractivity contribution >= 4 is 22.6 Å². The number of likely N-dealkylation sites (tertiary alicyclic amines) is 1. The molecule has 196 valence electrons. The van der Waals surface area contributed by atoms with Gasteiger partial charge in [0.15, 0.2) is 0 Å². The van der Waals surface area contributed by atoms with Crippen molar-refractivity contribution in [3.05, 3.63) is 52.6 Å². The summed E-state index contributed by atoms with van der Waals surface area (Å²) in [6.45, 7) is 10.6. The second-order valence-electron chi connectivity index (χ2n) is 11.6. The van der Waals surface area contributed by atoms with Gasteiger partial charge in [-0.1, -0.05) is 43.9 Å². The van der Waals surface area contributed by atoms with Crippen LogP contribution in [0.4, 0.5) is 5.69 Å². The lowest BCUT2D eigenvalue weighted by molar-refractivity contribution is 0.0696. The third-order valence-electron chi connectivity index (χ3n) is 9.24. The summed E-state index contributed by atoms with van der Waals surface area (Å²) in [5.41, 5.74) is 9.28. The molecule has 1 saturated carbocycles. The molecule has 5 nitrogen and oxygen atoms in total. The molecule has 2 aliphatic heterocycles. The molecular weight excluding hydrogens is 458 g/mol. The molecule has 1 aromatic heterocycles. The SMILES string of the molecule is Cc1ccc2c(c1)N(CCN1CCCCC1)CCn1c-2c(C2CCCCC2)c2ccc(C(=O)O)c(C)c21. The molecule has 1 saturated heterocycles. The zero-order valence-electron chi connectivity index (χ0n) is 22.6. The van der Waals surface area contributed by atoms with Crippen LogP contribution in [0.25, 0.3) is 22.2 Å². The van der Waals surface area contributed by atoms with Crippen molar-refractivity contribution in [2.75, 3.05) is 37.6 Å². The van der Waals surface area contributed by atoms with E-state index in [-0.39, 0.29) is 0 Å². The molecule has 3 aliphatic rings. The quantitative estimate of drug-likeness (QED) is 0.412. The molecule has 0 amide bonds. The molecule has 0 spiro atoms. The molecule has 5 heteroatoms. The predicted octanol–water partition coefficient (Wildman–Crippen LogP) is 6.98. The summed E-state index contributed by atoms with van der Waals surface area (Å²) in [5.74, 6) is -0.293. The summed E-state index contributed by atoms with van der Waals surface area (Å²) in [6.07, 6.45) is 10.4. The van der Waals surface area contributed by atoms with Gasteiger partial charge in [0.1, 0.15) is 0 Å². The van der Waals surface area contributed by atoms with Crippen molar-refractivity contribution in [1.29, 1.82) is 0 Å². The standard InChI is InChI=1S/C32H41N3O2/c1-22-11-12-26-28(21-22)34(18-17-33-15-7-4-8-16-33)19-20-35-30-23(2)25(32(36)37)13-14-27(30)29(31(26)35)24-9-5-3-6-10-24/h11-14,21,24H,3-10,15-20H2,1-2H3,(H,36,37). The summed E-state index contributed by atoms with van der Waals surface area (Å²) in [4.78, 5) is 17.4. The summed E-state index contributed by atoms with van der Waals surface area (Å²) in [7, 11) is 0. The average Bonchev–Trinajstić information content (AvgIpc) is 3.16. The van der Waals surface area contributed by atoms with Crippen LogP contribution in [0, 0.1) is 13.8 Å². The minimum Gasteiger partial charge on any atom is -0.478 e. The first-order valence-electron chi connectivity index (χ1n) is 14.5. The Kier molecular flexibility index (Phi) is 6.74. The summed E-state index contributed by atoms with van der Waals surface area (Å²) >= 11 is 0. The monoisotopic (exact) mass is 499 g/mol.